The van der Waals surface area contributed by atoms with Crippen LogP contribution in [0.15, 0.2) is 119 Å². The summed E-state index contributed by atoms with van der Waals surface area (Å²) in [5.41, 5.74) is 7.41. The van der Waals surface area contributed by atoms with Crippen LogP contribution in [0.3, 0.4) is 0 Å². The number of H-pyrrole nitrogens is 2. The first-order chi connectivity index (χ1) is 53.5. The van der Waals surface area contributed by atoms with E-state index in [4.69, 9.17) is 15.6 Å². The SMILES string of the molecule is CC(C)(C)OC(=O)NCCCCCCCCCC(=O)O.CN1CCN(c2ccc(-c3cccc(CN4CCN(C(=O)CCCCCCCCCN)CC4)c3)cc2NC(=O)c2c[nH]c(=O)cc2C(F)(F)F)CC1.CN1CCN(c2ccc(-c3cccc(CN4CCNCC4)c3)cc2NC(=O)c2c[nH]c(=O)cc2C(F)(F)F)CC1. The molecule has 0 saturated carbocycles. The van der Waals surface area contributed by atoms with Crippen molar-refractivity contribution in [1.29, 1.82) is 0 Å². The van der Waals surface area contributed by atoms with Crippen molar-refractivity contribution in [3.8, 4) is 22.3 Å². The first kappa shape index (κ1) is 88.4. The maximum absolute atomic E-state index is 13.8. The number of nitrogens with one attached hydrogen (secondary N) is 6. The second-order valence-electron chi connectivity index (χ2n) is 30.3. The molecule has 0 atom stereocenters. The molecular weight excluding hydrogens is 1450 g/mol. The Kier molecular flexibility index (Phi) is 34.6. The minimum Gasteiger partial charge on any atom is -0.481 e. The van der Waals surface area contributed by atoms with E-state index in [0.29, 0.717) is 81.4 Å². The van der Waals surface area contributed by atoms with E-state index in [0.717, 1.165) is 201 Å². The molecule has 10 rings (SSSR count). The molecule has 23 nitrogen and oxygen atoms in total. The highest BCUT2D eigenvalue weighted by Gasteiger charge is 2.38. The number of halogens is 6. The van der Waals surface area contributed by atoms with Gasteiger partial charge in [0.05, 0.1) is 45.0 Å². The summed E-state index contributed by atoms with van der Waals surface area (Å²) in [6.07, 6.45) is 7.46. The largest absolute Gasteiger partial charge is 0.481 e. The van der Waals surface area contributed by atoms with E-state index in [1.54, 1.807) is 6.07 Å². The van der Waals surface area contributed by atoms with Crippen LogP contribution in [0, 0.1) is 0 Å². The number of carbonyl (C=O) groups is 5. The number of unbranched alkanes of at least 4 members (excludes halogenated alkanes) is 12. The van der Waals surface area contributed by atoms with Gasteiger partial charge in [0.1, 0.15) is 5.60 Å². The van der Waals surface area contributed by atoms with Crippen molar-refractivity contribution in [3.05, 3.63) is 164 Å². The quantitative estimate of drug-likeness (QED) is 0.0148. The zero-order chi connectivity index (χ0) is 80.8. The highest BCUT2D eigenvalue weighted by atomic mass is 19.4. The molecule has 4 aliphatic heterocycles. The van der Waals surface area contributed by atoms with Gasteiger partial charge >= 0.3 is 24.4 Å². The predicted octanol–water partition coefficient (Wildman–Crippen LogP) is 13.0. The van der Waals surface area contributed by atoms with E-state index in [1.807, 2.05) is 94.4 Å². The van der Waals surface area contributed by atoms with Crippen molar-refractivity contribution in [3.63, 3.8) is 0 Å². The van der Waals surface area contributed by atoms with Gasteiger partial charge in [-0.25, -0.2) is 4.79 Å². The van der Waals surface area contributed by atoms with Crippen molar-refractivity contribution in [2.45, 2.75) is 155 Å². The number of anilines is 4. The van der Waals surface area contributed by atoms with Crippen LogP contribution in [-0.4, -0.2) is 207 Å². The van der Waals surface area contributed by atoms with Gasteiger partial charge in [0.25, 0.3) is 11.8 Å². The summed E-state index contributed by atoms with van der Waals surface area (Å²) in [6, 6.07) is 28.5. The molecule has 0 unspecified atom stereocenters. The van der Waals surface area contributed by atoms with Crippen LogP contribution in [-0.2, 0) is 39.8 Å². The molecule has 0 aliphatic carbocycles. The second-order valence-corrected chi connectivity index (χ2v) is 30.3. The lowest BCUT2D eigenvalue weighted by atomic mass is 10.0. The van der Waals surface area contributed by atoms with Gasteiger partial charge in [0, 0.05) is 162 Å². The standard InChI is InChI=1S/C39H52F3N7O3.C29H33F3N6O2.C15H29NO4/c1-46-16-20-48(21-17-46)35-14-13-31(25-34(35)45-38(52)32-27-44-36(50)26-33(32)39(40,41)42)30-11-9-10-29(24-30)28-47-18-22-49(23-19-47)37(51)12-7-5-3-2-4-6-8-15-43;1-36-11-13-38(14-12-36)26-6-5-22(21-4-2-3-20(15-21)19-37-9-7-33-8-10-37)16-25(26)35-28(40)23-18-34-27(39)17-24(23)29(30,31)32;1-15(2,3)20-14(19)16-12-10-8-6-4-5-7-9-11-13(17)18/h9-11,13-14,24-27H,2-8,12,15-23,28,43H2,1H3,(H,44,50)(H,45,52);2-6,15-18,33H,7-14,19H2,1H3,(H,34,39)(H,35,40);4-12H2,1-3H3,(H,16,19)(H,17,18). The molecule has 4 fully saturated rings. The Labute approximate surface area is 653 Å². The van der Waals surface area contributed by atoms with E-state index in [-0.39, 0.29) is 18.4 Å². The summed E-state index contributed by atoms with van der Waals surface area (Å²) in [7, 11) is 4.06. The van der Waals surface area contributed by atoms with Gasteiger partial charge in [-0.2, -0.15) is 26.3 Å². The fraction of sp³-hybridized carbons (Fsp3) is 0.530. The molecule has 0 bridgehead atoms. The minimum absolute atomic E-state index is 0.239. The van der Waals surface area contributed by atoms with Gasteiger partial charge in [0.15, 0.2) is 0 Å². The monoisotopic (exact) mass is 1560 g/mol. The Morgan fingerprint density at radius 2 is 0.902 bits per heavy atom. The normalized spacial score (nSPS) is 15.5. The van der Waals surface area contributed by atoms with E-state index in [9.17, 15) is 59.9 Å². The second kappa shape index (κ2) is 43.8. The van der Waals surface area contributed by atoms with Gasteiger partial charge in [-0.05, 0) is 137 Å². The number of carbonyl (C=O) groups excluding carboxylic acids is 4. The Hall–Kier alpha value is -9.13. The number of hydrogen-bond acceptors (Lipinski definition) is 16. The average molecular weight is 1570 g/mol. The number of aromatic amines is 2. The molecule has 4 amide bonds. The summed E-state index contributed by atoms with van der Waals surface area (Å²) >= 11 is 0. The summed E-state index contributed by atoms with van der Waals surface area (Å²) in [5, 5.41) is 20.0. The van der Waals surface area contributed by atoms with Crippen molar-refractivity contribution < 1.29 is 60.2 Å². The van der Waals surface area contributed by atoms with Gasteiger partial charge in [0.2, 0.25) is 17.0 Å². The maximum Gasteiger partial charge on any atom is 0.417 e. The number of piperazine rings is 4. The molecule has 29 heteroatoms. The van der Waals surface area contributed by atoms with E-state index < -0.39 is 69.1 Å². The number of nitrogens with zero attached hydrogens (tertiary/aromatic N) is 7. The number of alkyl carbamates (subject to hydrolysis) is 1. The molecule has 112 heavy (non-hydrogen) atoms. The number of ether oxygens (including phenoxy) is 1. The number of hydrogen-bond donors (Lipinski definition) is 8. The Bertz CT molecular complexity index is 4120. The highest BCUT2D eigenvalue weighted by molar-refractivity contribution is 6.08. The first-order valence-electron chi connectivity index (χ1n) is 39.4. The molecule has 2 aromatic heterocycles. The van der Waals surface area contributed by atoms with Crippen molar-refractivity contribution >= 4 is 52.5 Å². The van der Waals surface area contributed by atoms with Crippen LogP contribution < -0.4 is 47.9 Å². The minimum atomic E-state index is -4.88. The van der Waals surface area contributed by atoms with Crippen LogP contribution in [0.4, 0.5) is 53.9 Å². The van der Waals surface area contributed by atoms with Gasteiger partial charge in [-0.1, -0.05) is 113 Å². The lowest BCUT2D eigenvalue weighted by molar-refractivity contribution is -0.138. The van der Waals surface area contributed by atoms with E-state index in [2.05, 4.69) is 84.9 Å². The third-order valence-corrected chi connectivity index (χ3v) is 20.2. The number of carboxylic acid groups (broad SMARTS) is 1. The summed E-state index contributed by atoms with van der Waals surface area (Å²) in [4.78, 5) is 104. The number of alkyl halides is 6. The molecule has 0 radical (unpaired) electrons. The topological polar surface area (TPSA) is 277 Å². The van der Waals surface area contributed by atoms with Crippen LogP contribution in [0.1, 0.15) is 166 Å². The van der Waals surface area contributed by atoms with Crippen molar-refractivity contribution in [2.24, 2.45) is 5.73 Å². The molecular formula is C83H114F6N14O9. The number of likely N-dealkylation sites (N-methyl/N-ethyl adjacent to an activating group) is 2. The van der Waals surface area contributed by atoms with Gasteiger partial charge in [-0.15, -0.1) is 0 Å². The molecule has 4 saturated heterocycles. The molecule has 612 valence electrons. The first-order valence-corrected chi connectivity index (χ1v) is 39.4. The summed E-state index contributed by atoms with van der Waals surface area (Å²) < 4.78 is 87.6. The Morgan fingerprint density at radius 3 is 1.33 bits per heavy atom. The molecule has 4 aromatic carbocycles. The van der Waals surface area contributed by atoms with Crippen LogP contribution in [0.25, 0.3) is 22.3 Å². The number of pyridine rings is 2. The maximum atomic E-state index is 13.8. The fourth-order valence-corrected chi connectivity index (χ4v) is 13.9. The smallest absolute Gasteiger partial charge is 0.417 e. The van der Waals surface area contributed by atoms with E-state index >= 15 is 0 Å². The Morgan fingerprint density at radius 1 is 0.491 bits per heavy atom. The highest BCUT2D eigenvalue weighted by Crippen LogP contribution is 2.38. The molecule has 0 spiro atoms. The number of carboxylic acids is 1. The van der Waals surface area contributed by atoms with Gasteiger partial charge in [-0.3, -0.25) is 38.6 Å². The predicted molar refractivity (Wildman–Crippen MR) is 428 cm³/mol. The van der Waals surface area contributed by atoms with Crippen molar-refractivity contribution in [1.82, 2.24) is 45.1 Å². The third-order valence-electron chi connectivity index (χ3n) is 20.2. The van der Waals surface area contributed by atoms with Crippen LogP contribution in [0.2, 0.25) is 0 Å². The lowest BCUT2D eigenvalue weighted by Gasteiger charge is -2.35. The zero-order valence-electron chi connectivity index (χ0n) is 65.5. The molecule has 6 heterocycles. The number of aliphatic carboxylic acids is 1. The number of nitrogens with two attached hydrogens (primary N) is 1. The molecule has 4 aliphatic rings. The van der Waals surface area contributed by atoms with Gasteiger partial charge < -0.3 is 71.3 Å². The van der Waals surface area contributed by atoms with Crippen LogP contribution >= 0.6 is 0 Å². The zero-order valence-corrected chi connectivity index (χ0v) is 65.5. The van der Waals surface area contributed by atoms with E-state index in [1.165, 1.54) is 25.7 Å². The number of rotatable bonds is 31. The fourth-order valence-electron chi connectivity index (χ4n) is 13.9. The summed E-state index contributed by atoms with van der Waals surface area (Å²) in [5.74, 6) is -2.37. The van der Waals surface area contributed by atoms with Crippen molar-refractivity contribution in [2.75, 3.05) is 152 Å². The third kappa shape index (κ3) is 29.4. The number of benzene rings is 4. The molecule has 9 N–H and O–H groups in total. The number of aromatic nitrogens is 2. The summed E-state index contributed by atoms with van der Waals surface area (Å²) in [6.45, 7) is 21.4. The van der Waals surface area contributed by atoms with Crippen LogP contribution in [0.5, 0.6) is 0 Å². The lowest BCUT2D eigenvalue weighted by Crippen LogP contribution is -2.48. The Balaban J connectivity index is 0.000000232. The molecule has 6 aromatic rings. The number of amides is 4. The average Bonchev–Trinajstić information content (AvgIpc) is 0.798.